The fourth-order valence-electron chi connectivity index (χ4n) is 3.71. The molecule has 3 amide bonds. The van der Waals surface area contributed by atoms with Crippen molar-refractivity contribution in [3.05, 3.63) is 35.9 Å². The van der Waals surface area contributed by atoms with Crippen molar-refractivity contribution in [1.82, 2.24) is 5.32 Å². The second-order valence-electron chi connectivity index (χ2n) is 7.29. The molecule has 1 aromatic rings. The summed E-state index contributed by atoms with van der Waals surface area (Å²) in [5.74, 6) is -0.222. The zero-order valence-electron chi connectivity index (χ0n) is 15.8. The van der Waals surface area contributed by atoms with E-state index in [0.29, 0.717) is 13.1 Å². The SMILES string of the molecule is C[C@@H]1CCC[N+]1(C=O)C(=O)CCC(=O)NCCCCCc1ccccc1. The van der Waals surface area contributed by atoms with Crippen molar-refractivity contribution in [2.75, 3.05) is 13.1 Å². The number of hydrogen-bond acceptors (Lipinski definition) is 3. The van der Waals surface area contributed by atoms with Crippen LogP contribution in [0.1, 0.15) is 57.4 Å². The molecule has 1 saturated heterocycles. The van der Waals surface area contributed by atoms with Crippen molar-refractivity contribution in [1.29, 1.82) is 0 Å². The van der Waals surface area contributed by atoms with Crippen LogP contribution < -0.4 is 5.32 Å². The van der Waals surface area contributed by atoms with Gasteiger partial charge in [-0.05, 0) is 31.7 Å². The summed E-state index contributed by atoms with van der Waals surface area (Å²) in [6.45, 7) is 3.16. The largest absolute Gasteiger partial charge is 0.356 e. The molecular formula is C21H31N2O3+. The number of aryl methyl sites for hydroxylation is 1. The van der Waals surface area contributed by atoms with Crippen LogP contribution in [0.4, 0.5) is 0 Å². The molecule has 5 heteroatoms. The Morgan fingerprint density at radius 2 is 1.92 bits per heavy atom. The van der Waals surface area contributed by atoms with E-state index in [1.165, 1.54) is 5.56 Å². The first-order valence-corrected chi connectivity index (χ1v) is 9.76. The number of unbranched alkanes of at least 4 members (excludes halogenated alkanes) is 2. The number of likely N-dealkylation sites (tertiary alicyclic amines) is 1. The van der Waals surface area contributed by atoms with E-state index < -0.39 is 0 Å². The molecule has 0 saturated carbocycles. The maximum Gasteiger partial charge on any atom is 0.321 e. The Bertz CT molecular complexity index is 603. The third-order valence-corrected chi connectivity index (χ3v) is 5.46. The maximum atomic E-state index is 12.4. The van der Waals surface area contributed by atoms with Gasteiger partial charge in [0.1, 0.15) is 6.04 Å². The molecule has 0 aliphatic carbocycles. The highest BCUT2D eigenvalue weighted by Crippen LogP contribution is 2.26. The Kier molecular flexibility index (Phi) is 7.98. The summed E-state index contributed by atoms with van der Waals surface area (Å²) in [5, 5.41) is 2.88. The number of benzene rings is 1. The minimum absolute atomic E-state index is 0.0349. The van der Waals surface area contributed by atoms with Gasteiger partial charge in [0.25, 0.3) is 0 Å². The Balaban J connectivity index is 1.57. The molecule has 2 atom stereocenters. The Hall–Kier alpha value is -2.01. The quantitative estimate of drug-likeness (QED) is 0.397. The van der Waals surface area contributed by atoms with E-state index in [1.54, 1.807) is 0 Å². The van der Waals surface area contributed by atoms with Crippen LogP contribution >= 0.6 is 0 Å². The lowest BCUT2D eigenvalue weighted by Crippen LogP contribution is -2.54. The van der Waals surface area contributed by atoms with Crippen LogP contribution in [0.5, 0.6) is 0 Å². The van der Waals surface area contributed by atoms with E-state index in [0.717, 1.165) is 44.9 Å². The molecule has 1 fully saturated rings. The van der Waals surface area contributed by atoms with Gasteiger partial charge < -0.3 is 5.32 Å². The van der Waals surface area contributed by atoms with Crippen LogP contribution in [-0.4, -0.2) is 41.8 Å². The van der Waals surface area contributed by atoms with Gasteiger partial charge in [-0.3, -0.25) is 4.79 Å². The normalized spacial score (nSPS) is 22.1. The minimum atomic E-state index is -0.122. The summed E-state index contributed by atoms with van der Waals surface area (Å²) in [7, 11) is 0. The van der Waals surface area contributed by atoms with Crippen LogP contribution in [0.15, 0.2) is 30.3 Å². The molecule has 1 heterocycles. The van der Waals surface area contributed by atoms with Crippen LogP contribution in [0, 0.1) is 0 Å². The van der Waals surface area contributed by atoms with Gasteiger partial charge in [0.05, 0.1) is 13.0 Å². The first-order chi connectivity index (χ1) is 12.6. The molecule has 5 nitrogen and oxygen atoms in total. The molecule has 142 valence electrons. The van der Waals surface area contributed by atoms with E-state index in [2.05, 4.69) is 29.6 Å². The Morgan fingerprint density at radius 1 is 1.15 bits per heavy atom. The Labute approximate surface area is 156 Å². The van der Waals surface area contributed by atoms with Crippen molar-refractivity contribution in [3.63, 3.8) is 0 Å². The summed E-state index contributed by atoms with van der Waals surface area (Å²) < 4.78 is -0.104. The second kappa shape index (κ2) is 10.2. The standard InChI is InChI=1S/C21H30N2O3/c1-18-9-8-16-23(18,17-24)21(26)14-13-20(25)22-15-7-3-6-12-19-10-4-2-5-11-19/h2,4-5,10-11,17-18H,3,6-9,12-16H2,1H3/p+1/t18-,23?/m1/s1. The van der Waals surface area contributed by atoms with Crippen LogP contribution in [-0.2, 0) is 20.8 Å². The van der Waals surface area contributed by atoms with Gasteiger partial charge in [0, 0.05) is 25.8 Å². The molecule has 0 radical (unpaired) electrons. The number of imide groups is 1. The minimum Gasteiger partial charge on any atom is -0.356 e. The van der Waals surface area contributed by atoms with E-state index in [9.17, 15) is 14.4 Å². The van der Waals surface area contributed by atoms with Gasteiger partial charge in [0.15, 0.2) is 0 Å². The molecule has 1 N–H and O–H groups in total. The fourth-order valence-corrected chi connectivity index (χ4v) is 3.71. The zero-order valence-corrected chi connectivity index (χ0v) is 15.8. The van der Waals surface area contributed by atoms with Gasteiger partial charge >= 0.3 is 12.3 Å². The molecule has 1 unspecified atom stereocenters. The number of amides is 3. The second-order valence-corrected chi connectivity index (χ2v) is 7.29. The van der Waals surface area contributed by atoms with E-state index in [4.69, 9.17) is 0 Å². The predicted molar refractivity (Wildman–Crippen MR) is 101 cm³/mol. The van der Waals surface area contributed by atoms with Gasteiger partial charge in [0.2, 0.25) is 5.91 Å². The number of rotatable bonds is 10. The summed E-state index contributed by atoms with van der Waals surface area (Å²) >= 11 is 0. The number of nitrogens with one attached hydrogen (secondary N) is 1. The van der Waals surface area contributed by atoms with Crippen molar-refractivity contribution < 1.29 is 18.9 Å². The molecule has 26 heavy (non-hydrogen) atoms. The van der Waals surface area contributed by atoms with Gasteiger partial charge in [-0.25, -0.2) is 9.59 Å². The zero-order chi connectivity index (χ0) is 18.8. The highest BCUT2D eigenvalue weighted by Gasteiger charge is 2.45. The predicted octanol–water partition coefficient (Wildman–Crippen LogP) is 2.98. The third kappa shape index (κ3) is 5.49. The van der Waals surface area contributed by atoms with Crippen LogP contribution in [0.2, 0.25) is 0 Å². The number of nitrogens with zero attached hydrogens (tertiary/aromatic N) is 1. The summed E-state index contributed by atoms with van der Waals surface area (Å²) in [4.78, 5) is 35.8. The lowest BCUT2D eigenvalue weighted by Gasteiger charge is -2.28. The molecule has 2 rings (SSSR count). The van der Waals surface area contributed by atoms with E-state index in [-0.39, 0.29) is 35.2 Å². The first kappa shape index (κ1) is 20.3. The lowest BCUT2D eigenvalue weighted by atomic mass is 10.1. The molecule has 1 aromatic carbocycles. The van der Waals surface area contributed by atoms with Crippen molar-refractivity contribution in [2.45, 2.75) is 64.3 Å². The van der Waals surface area contributed by atoms with Gasteiger partial charge in [-0.2, -0.15) is 4.48 Å². The number of carbonyl (C=O) groups excluding carboxylic acids is 3. The molecule has 0 spiro atoms. The average Bonchev–Trinajstić information content (AvgIpc) is 3.05. The topological polar surface area (TPSA) is 63.2 Å². The molecule has 0 aromatic heterocycles. The molecule has 0 bridgehead atoms. The molecular weight excluding hydrogens is 328 g/mol. The molecule has 1 aliphatic heterocycles. The van der Waals surface area contributed by atoms with Crippen molar-refractivity contribution >= 4 is 18.2 Å². The first-order valence-electron chi connectivity index (χ1n) is 9.76. The average molecular weight is 359 g/mol. The smallest absolute Gasteiger partial charge is 0.321 e. The summed E-state index contributed by atoms with van der Waals surface area (Å²) in [6, 6.07) is 10.4. The monoisotopic (exact) mass is 359 g/mol. The summed E-state index contributed by atoms with van der Waals surface area (Å²) in [6.07, 6.45) is 7.04. The fraction of sp³-hybridized carbons (Fsp3) is 0.571. The van der Waals surface area contributed by atoms with Crippen LogP contribution in [0.3, 0.4) is 0 Å². The molecule has 1 aliphatic rings. The van der Waals surface area contributed by atoms with Gasteiger partial charge in [-0.15, -0.1) is 0 Å². The maximum absolute atomic E-state index is 12.4. The lowest BCUT2D eigenvalue weighted by molar-refractivity contribution is -0.780. The van der Waals surface area contributed by atoms with Crippen LogP contribution in [0.25, 0.3) is 0 Å². The number of carbonyl (C=O) groups is 3. The number of quaternary nitrogens is 1. The third-order valence-electron chi connectivity index (χ3n) is 5.46. The van der Waals surface area contributed by atoms with E-state index in [1.807, 2.05) is 13.0 Å². The number of hydrogen-bond donors (Lipinski definition) is 1. The Morgan fingerprint density at radius 3 is 2.58 bits per heavy atom. The highest BCUT2D eigenvalue weighted by molar-refractivity contribution is 5.83. The van der Waals surface area contributed by atoms with Crippen molar-refractivity contribution in [3.8, 4) is 0 Å². The highest BCUT2D eigenvalue weighted by atomic mass is 16.2. The van der Waals surface area contributed by atoms with Gasteiger partial charge in [-0.1, -0.05) is 36.8 Å². The summed E-state index contributed by atoms with van der Waals surface area (Å²) in [5.41, 5.74) is 1.35. The van der Waals surface area contributed by atoms with E-state index >= 15 is 0 Å². The van der Waals surface area contributed by atoms with Crippen molar-refractivity contribution in [2.24, 2.45) is 0 Å².